The summed E-state index contributed by atoms with van der Waals surface area (Å²) >= 11 is 5.73. The summed E-state index contributed by atoms with van der Waals surface area (Å²) in [6.07, 6.45) is -0.763. The molecule has 1 heterocycles. The molecule has 1 aliphatic heterocycles. The van der Waals surface area contributed by atoms with Crippen molar-refractivity contribution in [2.75, 3.05) is 11.9 Å². The monoisotopic (exact) mass is 284 g/mol. The molecule has 19 heavy (non-hydrogen) atoms. The van der Waals surface area contributed by atoms with E-state index in [1.165, 1.54) is 0 Å². The van der Waals surface area contributed by atoms with Gasteiger partial charge < -0.3 is 20.4 Å². The molecule has 6 nitrogen and oxygen atoms in total. The first-order valence-electron chi connectivity index (χ1n) is 5.71. The predicted octanol–water partition coefficient (Wildman–Crippen LogP) is 1.39. The number of carbonyl (C=O) groups excluding carboxylic acids is 1. The van der Waals surface area contributed by atoms with E-state index in [0.717, 1.165) is 4.90 Å². The molecule has 0 bridgehead atoms. The molecule has 1 aromatic rings. The lowest BCUT2D eigenvalue weighted by molar-refractivity contribution is -0.141. The minimum absolute atomic E-state index is 0.0103. The summed E-state index contributed by atoms with van der Waals surface area (Å²) in [4.78, 5) is 24.1. The summed E-state index contributed by atoms with van der Waals surface area (Å²) in [5, 5.41) is 21.6. The fourth-order valence-electron chi connectivity index (χ4n) is 2.00. The Hall–Kier alpha value is -1.79. The molecule has 1 aliphatic rings. The van der Waals surface area contributed by atoms with Crippen molar-refractivity contribution in [1.82, 2.24) is 4.90 Å². The number of nitrogens with zero attached hydrogens (tertiary/aromatic N) is 1. The Balaban J connectivity index is 2.06. The molecule has 1 fully saturated rings. The second-order valence-electron chi connectivity index (χ2n) is 4.33. The van der Waals surface area contributed by atoms with Crippen LogP contribution in [0.4, 0.5) is 10.5 Å². The third-order valence-corrected chi connectivity index (χ3v) is 3.17. The molecule has 2 rings (SSSR count). The van der Waals surface area contributed by atoms with Crippen LogP contribution >= 0.6 is 11.6 Å². The van der Waals surface area contributed by atoms with Gasteiger partial charge in [0.2, 0.25) is 0 Å². The molecule has 1 saturated heterocycles. The molecule has 7 heteroatoms. The van der Waals surface area contributed by atoms with Gasteiger partial charge in [0.25, 0.3) is 0 Å². The standard InChI is InChI=1S/C12H13ClN2O4/c13-7-1-3-8(4-2-7)14-12(19)15-6-9(16)5-10(15)11(17)18/h1-4,9-10,16H,5-6H2,(H,14,19)(H,17,18)/t9?,10-/m0/s1. The van der Waals surface area contributed by atoms with Gasteiger partial charge in [-0.15, -0.1) is 0 Å². The lowest BCUT2D eigenvalue weighted by Gasteiger charge is -2.21. The summed E-state index contributed by atoms with van der Waals surface area (Å²) in [6, 6.07) is 4.91. The van der Waals surface area contributed by atoms with Gasteiger partial charge in [-0.25, -0.2) is 9.59 Å². The van der Waals surface area contributed by atoms with Crippen molar-refractivity contribution in [2.45, 2.75) is 18.6 Å². The summed E-state index contributed by atoms with van der Waals surface area (Å²) in [6.45, 7) is 0.0103. The summed E-state index contributed by atoms with van der Waals surface area (Å²) in [7, 11) is 0. The van der Waals surface area contributed by atoms with Gasteiger partial charge in [-0.3, -0.25) is 0 Å². The van der Waals surface area contributed by atoms with Gasteiger partial charge in [-0.2, -0.15) is 0 Å². The molecule has 1 unspecified atom stereocenters. The van der Waals surface area contributed by atoms with Crippen LogP contribution in [0.3, 0.4) is 0 Å². The van der Waals surface area contributed by atoms with Crippen molar-refractivity contribution in [2.24, 2.45) is 0 Å². The number of halogens is 1. The molecule has 0 saturated carbocycles. The second-order valence-corrected chi connectivity index (χ2v) is 4.77. The van der Waals surface area contributed by atoms with E-state index < -0.39 is 24.1 Å². The predicted molar refractivity (Wildman–Crippen MR) is 69.2 cm³/mol. The fraction of sp³-hybridized carbons (Fsp3) is 0.333. The minimum atomic E-state index is -1.12. The second kappa shape index (κ2) is 5.46. The normalized spacial score (nSPS) is 22.3. The van der Waals surface area contributed by atoms with Crippen LogP contribution in [0, 0.1) is 0 Å². The van der Waals surface area contributed by atoms with Crippen LogP contribution in [0.5, 0.6) is 0 Å². The van der Waals surface area contributed by atoms with Crippen LogP contribution in [0.2, 0.25) is 5.02 Å². The molecule has 2 amide bonds. The SMILES string of the molecule is O=C(O)[C@@H]1CC(O)CN1C(=O)Nc1ccc(Cl)cc1. The van der Waals surface area contributed by atoms with E-state index in [9.17, 15) is 14.7 Å². The van der Waals surface area contributed by atoms with Gasteiger partial charge in [0.05, 0.1) is 6.10 Å². The van der Waals surface area contributed by atoms with Crippen LogP contribution < -0.4 is 5.32 Å². The van der Waals surface area contributed by atoms with Crippen molar-refractivity contribution < 1.29 is 19.8 Å². The molecule has 0 spiro atoms. The Morgan fingerprint density at radius 1 is 1.32 bits per heavy atom. The first-order chi connectivity index (χ1) is 8.97. The number of amides is 2. The van der Waals surface area contributed by atoms with E-state index >= 15 is 0 Å². The number of carboxylic acid groups (broad SMARTS) is 1. The highest BCUT2D eigenvalue weighted by atomic mass is 35.5. The van der Waals surface area contributed by atoms with Crippen molar-refractivity contribution >= 4 is 29.3 Å². The minimum Gasteiger partial charge on any atom is -0.480 e. The third kappa shape index (κ3) is 3.15. The van der Waals surface area contributed by atoms with Gasteiger partial charge in [0.15, 0.2) is 0 Å². The molecular weight excluding hydrogens is 272 g/mol. The van der Waals surface area contributed by atoms with Gasteiger partial charge in [-0.05, 0) is 24.3 Å². The van der Waals surface area contributed by atoms with Gasteiger partial charge in [-0.1, -0.05) is 11.6 Å². The molecule has 3 N–H and O–H groups in total. The smallest absolute Gasteiger partial charge is 0.326 e. The van der Waals surface area contributed by atoms with Crippen LogP contribution in [0.1, 0.15) is 6.42 Å². The van der Waals surface area contributed by atoms with E-state index in [-0.39, 0.29) is 13.0 Å². The number of carboxylic acids is 1. The number of β-amino-alcohol motifs (C(OH)–C–C–N with tert-alkyl or cyclic N) is 1. The molecule has 1 aromatic carbocycles. The first kappa shape index (κ1) is 13.6. The van der Waals surface area contributed by atoms with Crippen molar-refractivity contribution in [3.8, 4) is 0 Å². The number of urea groups is 1. The number of benzene rings is 1. The zero-order chi connectivity index (χ0) is 14.0. The Morgan fingerprint density at radius 2 is 1.95 bits per heavy atom. The van der Waals surface area contributed by atoms with E-state index in [1.807, 2.05) is 0 Å². The van der Waals surface area contributed by atoms with Gasteiger partial charge in [0, 0.05) is 23.7 Å². The van der Waals surface area contributed by atoms with Gasteiger partial charge in [0.1, 0.15) is 6.04 Å². The van der Waals surface area contributed by atoms with Crippen LogP contribution in [0.15, 0.2) is 24.3 Å². The van der Waals surface area contributed by atoms with E-state index in [4.69, 9.17) is 16.7 Å². The molecule has 0 aliphatic carbocycles. The van der Waals surface area contributed by atoms with E-state index in [2.05, 4.69) is 5.32 Å². The van der Waals surface area contributed by atoms with Crippen molar-refractivity contribution in [3.63, 3.8) is 0 Å². The number of aliphatic hydroxyl groups excluding tert-OH is 1. The lowest BCUT2D eigenvalue weighted by atomic mass is 10.2. The summed E-state index contributed by atoms with van der Waals surface area (Å²) < 4.78 is 0. The lowest BCUT2D eigenvalue weighted by Crippen LogP contribution is -2.43. The highest BCUT2D eigenvalue weighted by Crippen LogP contribution is 2.20. The highest BCUT2D eigenvalue weighted by molar-refractivity contribution is 6.30. The Kier molecular flexibility index (Phi) is 3.92. The Labute approximate surface area is 114 Å². The maximum absolute atomic E-state index is 12.0. The molecule has 0 radical (unpaired) electrons. The van der Waals surface area contributed by atoms with E-state index in [1.54, 1.807) is 24.3 Å². The fourth-order valence-corrected chi connectivity index (χ4v) is 2.13. The maximum Gasteiger partial charge on any atom is 0.326 e. The number of hydrogen-bond donors (Lipinski definition) is 3. The average molecular weight is 285 g/mol. The summed E-state index contributed by atoms with van der Waals surface area (Å²) in [5.41, 5.74) is 0.514. The third-order valence-electron chi connectivity index (χ3n) is 2.92. The first-order valence-corrected chi connectivity index (χ1v) is 6.09. The molecule has 0 aromatic heterocycles. The van der Waals surface area contributed by atoms with Crippen LogP contribution in [0.25, 0.3) is 0 Å². The number of nitrogens with one attached hydrogen (secondary N) is 1. The van der Waals surface area contributed by atoms with Gasteiger partial charge >= 0.3 is 12.0 Å². The average Bonchev–Trinajstić information content (AvgIpc) is 2.74. The quantitative estimate of drug-likeness (QED) is 0.765. The number of likely N-dealkylation sites (tertiary alicyclic amines) is 1. The number of aliphatic carboxylic acids is 1. The summed E-state index contributed by atoms with van der Waals surface area (Å²) in [5.74, 6) is -1.12. The zero-order valence-electron chi connectivity index (χ0n) is 9.91. The highest BCUT2D eigenvalue weighted by Gasteiger charge is 2.38. The maximum atomic E-state index is 12.0. The molecule has 2 atom stereocenters. The van der Waals surface area contributed by atoms with Crippen molar-refractivity contribution in [3.05, 3.63) is 29.3 Å². The zero-order valence-corrected chi connectivity index (χ0v) is 10.7. The number of anilines is 1. The number of carbonyl (C=O) groups is 2. The number of aliphatic hydroxyl groups is 1. The largest absolute Gasteiger partial charge is 0.480 e. The van der Waals surface area contributed by atoms with E-state index in [0.29, 0.717) is 10.7 Å². The topological polar surface area (TPSA) is 89.9 Å². The molecule has 102 valence electrons. The number of rotatable bonds is 2. The Morgan fingerprint density at radius 3 is 2.53 bits per heavy atom. The van der Waals surface area contributed by atoms with Crippen LogP contribution in [-0.2, 0) is 4.79 Å². The Bertz CT molecular complexity index is 491. The molecular formula is C12H13ClN2O4. The number of hydrogen-bond acceptors (Lipinski definition) is 3. The van der Waals surface area contributed by atoms with Crippen LogP contribution in [-0.4, -0.2) is 45.8 Å². The van der Waals surface area contributed by atoms with Crippen molar-refractivity contribution in [1.29, 1.82) is 0 Å².